The van der Waals surface area contributed by atoms with Crippen LogP contribution in [0.1, 0.15) is 33.6 Å². The summed E-state index contributed by atoms with van der Waals surface area (Å²) in [5, 5.41) is 4.03. The van der Waals surface area contributed by atoms with E-state index in [-0.39, 0.29) is 32.7 Å². The predicted molar refractivity (Wildman–Crippen MR) is 120 cm³/mol. The topological polar surface area (TPSA) is 93.4 Å². The van der Waals surface area contributed by atoms with Crippen LogP contribution in [0.4, 0.5) is 0 Å². The van der Waals surface area contributed by atoms with Crippen LogP contribution in [-0.2, 0) is 13.1 Å². The van der Waals surface area contributed by atoms with Crippen molar-refractivity contribution in [3.05, 3.63) is 53.5 Å². The van der Waals surface area contributed by atoms with Crippen molar-refractivity contribution in [2.45, 2.75) is 46.7 Å². The Kier molecular flexibility index (Phi) is 6.99. The molecular weight excluding hydrogens is 384 g/mol. The summed E-state index contributed by atoms with van der Waals surface area (Å²) in [6.45, 7) is 10.9. The summed E-state index contributed by atoms with van der Waals surface area (Å²) >= 11 is 0. The van der Waals surface area contributed by atoms with Crippen molar-refractivity contribution >= 4 is 21.5 Å². The lowest BCUT2D eigenvalue weighted by Crippen LogP contribution is -2.29. The Morgan fingerprint density at radius 2 is 1.17 bits per heavy atom. The van der Waals surface area contributed by atoms with E-state index in [0.717, 1.165) is 26.2 Å². The maximum Gasteiger partial charge on any atom is 0.261 e. The van der Waals surface area contributed by atoms with Crippen molar-refractivity contribution in [1.82, 2.24) is 19.4 Å². The summed E-state index contributed by atoms with van der Waals surface area (Å²) in [6, 6.07) is 2.86. The molecule has 1 aromatic carbocycles. The van der Waals surface area contributed by atoms with E-state index in [2.05, 4.69) is 24.1 Å². The van der Waals surface area contributed by atoms with Crippen LogP contribution in [0.5, 0.6) is 0 Å². The number of nitrogens with one attached hydrogen (secondary N) is 1. The number of rotatable bonds is 11. The Morgan fingerprint density at radius 1 is 0.733 bits per heavy atom. The van der Waals surface area contributed by atoms with E-state index < -0.39 is 11.1 Å². The van der Waals surface area contributed by atoms with Crippen molar-refractivity contribution in [1.29, 1.82) is 0 Å². The Balaban J connectivity index is 1.96. The van der Waals surface area contributed by atoms with E-state index in [4.69, 9.17) is 0 Å². The van der Waals surface area contributed by atoms with Crippen LogP contribution in [-0.4, -0.2) is 46.8 Å². The number of benzene rings is 1. The first-order chi connectivity index (χ1) is 14.4. The lowest BCUT2D eigenvalue weighted by molar-refractivity contribution is 0.292. The lowest BCUT2D eigenvalue weighted by Gasteiger charge is -2.17. The molecule has 2 heterocycles. The largest absolute Gasteiger partial charge is 0.317 e. The summed E-state index contributed by atoms with van der Waals surface area (Å²) in [4.78, 5) is 53.3. The third-order valence-corrected chi connectivity index (χ3v) is 5.80. The molecule has 1 N–H and O–H groups in total. The van der Waals surface area contributed by atoms with Gasteiger partial charge in [-0.25, -0.2) is 0 Å². The molecule has 0 bridgehead atoms. The average molecular weight is 415 g/mol. The summed E-state index contributed by atoms with van der Waals surface area (Å²) in [5.41, 5.74) is -1.56. The molecule has 8 nitrogen and oxygen atoms in total. The average Bonchev–Trinajstić information content (AvgIpc) is 3.12. The second-order valence-corrected chi connectivity index (χ2v) is 7.55. The molecule has 8 heteroatoms. The van der Waals surface area contributed by atoms with Gasteiger partial charge in [0.15, 0.2) is 0 Å². The minimum absolute atomic E-state index is 0.216. The van der Waals surface area contributed by atoms with Crippen LogP contribution in [0.15, 0.2) is 31.3 Å². The Morgan fingerprint density at radius 3 is 1.57 bits per heavy atom. The summed E-state index contributed by atoms with van der Waals surface area (Å²) in [6.07, 6.45) is 1.33. The molecule has 0 unspecified atom stereocenters. The molecule has 0 saturated heterocycles. The van der Waals surface area contributed by atoms with E-state index in [1.54, 1.807) is 0 Å². The van der Waals surface area contributed by atoms with Crippen molar-refractivity contribution in [2.24, 2.45) is 0 Å². The smallest absolute Gasteiger partial charge is 0.261 e. The third-order valence-electron chi connectivity index (χ3n) is 5.80. The highest BCUT2D eigenvalue weighted by Crippen LogP contribution is 2.14. The number of hydrogen-bond acceptors (Lipinski definition) is 6. The summed E-state index contributed by atoms with van der Waals surface area (Å²) in [5.74, 6) is 0. The number of hydrogen-bond donors (Lipinski definition) is 1. The van der Waals surface area contributed by atoms with E-state index in [0.29, 0.717) is 32.5 Å². The molecule has 3 aromatic rings. The SMILES string of the molecule is CCNCCCn1c(=O)c2cc3c(=O)n(CCCN(CC)CC)c(=O)c3cc2c1=O. The van der Waals surface area contributed by atoms with Crippen LogP contribution in [0, 0.1) is 0 Å². The summed E-state index contributed by atoms with van der Waals surface area (Å²) in [7, 11) is 0. The summed E-state index contributed by atoms with van der Waals surface area (Å²) < 4.78 is 2.43. The Labute approximate surface area is 174 Å². The van der Waals surface area contributed by atoms with Crippen molar-refractivity contribution in [3.63, 3.8) is 0 Å². The minimum atomic E-state index is -0.394. The van der Waals surface area contributed by atoms with Gasteiger partial charge in [-0.3, -0.25) is 28.3 Å². The zero-order chi connectivity index (χ0) is 21.8. The highest BCUT2D eigenvalue weighted by atomic mass is 16.2. The molecule has 0 aliphatic carbocycles. The molecule has 0 aliphatic heterocycles. The van der Waals surface area contributed by atoms with Gasteiger partial charge in [-0.15, -0.1) is 0 Å². The highest BCUT2D eigenvalue weighted by molar-refractivity contribution is 5.97. The number of fused-ring (bicyclic) bond motifs is 2. The molecule has 0 aliphatic rings. The van der Waals surface area contributed by atoms with Gasteiger partial charge in [0.05, 0.1) is 21.5 Å². The maximum atomic E-state index is 12.8. The predicted octanol–water partition coefficient (Wildman–Crippen LogP) is 0.644. The quantitative estimate of drug-likeness (QED) is 0.463. The normalized spacial score (nSPS) is 12.0. The molecule has 0 saturated carbocycles. The monoisotopic (exact) mass is 414 g/mol. The highest BCUT2D eigenvalue weighted by Gasteiger charge is 2.19. The van der Waals surface area contributed by atoms with Gasteiger partial charge in [-0.05, 0) is 57.7 Å². The van der Waals surface area contributed by atoms with Gasteiger partial charge in [-0.2, -0.15) is 0 Å². The third kappa shape index (κ3) is 4.02. The van der Waals surface area contributed by atoms with Gasteiger partial charge in [0.25, 0.3) is 22.2 Å². The molecule has 2 aromatic heterocycles. The molecule has 0 atom stereocenters. The van der Waals surface area contributed by atoms with Crippen molar-refractivity contribution in [3.8, 4) is 0 Å². The molecule has 0 fully saturated rings. The maximum absolute atomic E-state index is 12.8. The van der Waals surface area contributed by atoms with Crippen molar-refractivity contribution in [2.75, 3.05) is 32.7 Å². The van der Waals surface area contributed by atoms with Crippen LogP contribution >= 0.6 is 0 Å². The van der Waals surface area contributed by atoms with E-state index in [1.165, 1.54) is 21.3 Å². The first-order valence-electron chi connectivity index (χ1n) is 10.8. The van der Waals surface area contributed by atoms with Crippen LogP contribution in [0.25, 0.3) is 21.5 Å². The van der Waals surface area contributed by atoms with E-state index in [1.807, 2.05) is 6.92 Å². The van der Waals surface area contributed by atoms with Gasteiger partial charge in [0.1, 0.15) is 0 Å². The fraction of sp³-hybridized carbons (Fsp3) is 0.545. The van der Waals surface area contributed by atoms with Gasteiger partial charge in [0, 0.05) is 13.1 Å². The molecule has 0 amide bonds. The van der Waals surface area contributed by atoms with Crippen LogP contribution < -0.4 is 27.6 Å². The fourth-order valence-corrected chi connectivity index (χ4v) is 4.01. The molecule has 3 rings (SSSR count). The Bertz CT molecular complexity index is 1150. The molecular formula is C22H30N4O4. The van der Waals surface area contributed by atoms with Gasteiger partial charge in [-0.1, -0.05) is 20.8 Å². The standard InChI is InChI=1S/C22H30N4O4/c1-4-23-9-7-11-25-19(27)15-13-17-18(14-16(15)20(25)28)22(30)26(21(17)29)12-8-10-24(5-2)6-3/h13-14,23H,4-12H2,1-3H3. The lowest BCUT2D eigenvalue weighted by atomic mass is 10.1. The van der Waals surface area contributed by atoms with Gasteiger partial charge < -0.3 is 10.2 Å². The van der Waals surface area contributed by atoms with E-state index in [9.17, 15) is 19.2 Å². The fourth-order valence-electron chi connectivity index (χ4n) is 4.01. The number of nitrogens with zero attached hydrogens (tertiary/aromatic N) is 3. The first kappa shape index (κ1) is 22.1. The zero-order valence-corrected chi connectivity index (χ0v) is 18.0. The molecule has 30 heavy (non-hydrogen) atoms. The van der Waals surface area contributed by atoms with Crippen molar-refractivity contribution < 1.29 is 0 Å². The van der Waals surface area contributed by atoms with Gasteiger partial charge >= 0.3 is 0 Å². The second kappa shape index (κ2) is 9.49. The van der Waals surface area contributed by atoms with Crippen LogP contribution in [0.3, 0.4) is 0 Å². The molecule has 0 radical (unpaired) electrons. The second-order valence-electron chi connectivity index (χ2n) is 7.55. The van der Waals surface area contributed by atoms with Crippen LogP contribution in [0.2, 0.25) is 0 Å². The molecule has 0 spiro atoms. The Hall–Kier alpha value is -2.58. The first-order valence-corrected chi connectivity index (χ1v) is 10.8. The van der Waals surface area contributed by atoms with E-state index >= 15 is 0 Å². The van der Waals surface area contributed by atoms with Gasteiger partial charge in [0.2, 0.25) is 0 Å². The molecule has 162 valence electrons. The zero-order valence-electron chi connectivity index (χ0n) is 18.0. The number of aromatic nitrogens is 2. The minimum Gasteiger partial charge on any atom is -0.317 e.